The Kier molecular flexibility index (Phi) is 4.95. The number of fused-ring (bicyclic) bond motifs is 1. The number of aromatic nitrogens is 1. The van der Waals surface area contributed by atoms with E-state index in [2.05, 4.69) is 11.2 Å². The van der Waals surface area contributed by atoms with Gasteiger partial charge in [-0.2, -0.15) is 15.4 Å². The van der Waals surface area contributed by atoms with Crippen LogP contribution in [-0.4, -0.2) is 21.9 Å². The van der Waals surface area contributed by atoms with Crippen LogP contribution in [0.4, 0.5) is 5.69 Å². The molecule has 1 aliphatic carbocycles. The van der Waals surface area contributed by atoms with Gasteiger partial charge in [0.05, 0.1) is 17.0 Å². The summed E-state index contributed by atoms with van der Waals surface area (Å²) in [4.78, 5) is 17.7. The van der Waals surface area contributed by atoms with Gasteiger partial charge in [-0.25, -0.2) is 4.98 Å². The molecule has 1 amide bonds. The molecule has 136 valence electrons. The molecule has 0 radical (unpaired) electrons. The number of benzene rings is 1. The van der Waals surface area contributed by atoms with Gasteiger partial charge in [-0.3, -0.25) is 4.79 Å². The molecule has 0 bridgehead atoms. The molecule has 2 aliphatic rings. The average molecular weight is 376 g/mol. The highest BCUT2D eigenvalue weighted by atomic mass is 32.2. The molecule has 0 unspecified atom stereocenters. The Morgan fingerprint density at radius 2 is 1.96 bits per heavy atom. The van der Waals surface area contributed by atoms with Gasteiger partial charge in [0.25, 0.3) is 5.91 Å². The van der Waals surface area contributed by atoms with Crippen LogP contribution in [0, 0.1) is 11.3 Å². The van der Waals surface area contributed by atoms with Gasteiger partial charge in [-0.1, -0.05) is 36.4 Å². The first kappa shape index (κ1) is 17.7. The van der Waals surface area contributed by atoms with Crippen molar-refractivity contribution in [2.24, 2.45) is 5.10 Å². The van der Waals surface area contributed by atoms with Crippen LogP contribution in [0.15, 0.2) is 46.5 Å². The van der Waals surface area contributed by atoms with E-state index >= 15 is 0 Å². The molecule has 0 N–H and O–H groups in total. The van der Waals surface area contributed by atoms with Gasteiger partial charge < -0.3 is 0 Å². The van der Waals surface area contributed by atoms with Crippen LogP contribution in [0.5, 0.6) is 0 Å². The minimum Gasteiger partial charge on any atom is -0.271 e. The van der Waals surface area contributed by atoms with Crippen LogP contribution in [-0.2, 0) is 17.6 Å². The fourth-order valence-corrected chi connectivity index (χ4v) is 4.55. The first-order valence-corrected chi connectivity index (χ1v) is 10.1. The number of thioether (sulfide) groups is 1. The molecular formula is C21H20N4OS. The number of rotatable bonds is 3. The number of para-hydroxylation sites is 1. The molecule has 6 heteroatoms. The van der Waals surface area contributed by atoms with Crippen molar-refractivity contribution in [3.05, 3.63) is 53.2 Å². The van der Waals surface area contributed by atoms with E-state index in [-0.39, 0.29) is 5.91 Å². The van der Waals surface area contributed by atoms with E-state index < -0.39 is 5.25 Å². The van der Waals surface area contributed by atoms with Gasteiger partial charge in [-0.15, -0.1) is 0 Å². The molecule has 0 saturated heterocycles. The second kappa shape index (κ2) is 7.53. The fraction of sp³-hybridized carbons (Fsp3) is 0.333. The number of nitriles is 1. The summed E-state index contributed by atoms with van der Waals surface area (Å²) in [6, 6.07) is 13.6. The highest BCUT2D eigenvalue weighted by Crippen LogP contribution is 2.34. The summed E-state index contributed by atoms with van der Waals surface area (Å²) < 4.78 is 0. The SMILES string of the molecule is CC1=NN(c2ccccc2)C(=O)[C@@H]1Sc1nc2c(cc1C#N)CCCCC2. The summed E-state index contributed by atoms with van der Waals surface area (Å²) in [5.74, 6) is -0.0932. The summed E-state index contributed by atoms with van der Waals surface area (Å²) in [6.45, 7) is 1.86. The third-order valence-electron chi connectivity index (χ3n) is 4.94. The normalized spacial score (nSPS) is 19.3. The maximum absolute atomic E-state index is 12.9. The topological polar surface area (TPSA) is 69.3 Å². The van der Waals surface area contributed by atoms with Crippen molar-refractivity contribution in [3.63, 3.8) is 0 Å². The zero-order valence-electron chi connectivity index (χ0n) is 15.2. The fourth-order valence-electron chi connectivity index (χ4n) is 3.51. The Balaban J connectivity index is 1.63. The van der Waals surface area contributed by atoms with Crippen molar-refractivity contribution < 1.29 is 4.79 Å². The van der Waals surface area contributed by atoms with Crippen LogP contribution in [0.1, 0.15) is 43.0 Å². The number of pyridine rings is 1. The number of carbonyl (C=O) groups is 1. The van der Waals surface area contributed by atoms with Crippen molar-refractivity contribution >= 4 is 29.1 Å². The van der Waals surface area contributed by atoms with Crippen molar-refractivity contribution in [2.75, 3.05) is 5.01 Å². The number of amides is 1. The highest BCUT2D eigenvalue weighted by molar-refractivity contribution is 8.01. The maximum atomic E-state index is 12.9. The van der Waals surface area contributed by atoms with Gasteiger partial charge >= 0.3 is 0 Å². The van der Waals surface area contributed by atoms with Crippen LogP contribution < -0.4 is 5.01 Å². The minimum atomic E-state index is -0.450. The molecule has 1 aromatic carbocycles. The minimum absolute atomic E-state index is 0.0932. The van der Waals surface area contributed by atoms with E-state index in [1.807, 2.05) is 43.3 Å². The van der Waals surface area contributed by atoms with Crippen molar-refractivity contribution in [3.8, 4) is 6.07 Å². The number of aryl methyl sites for hydroxylation is 2. The lowest BCUT2D eigenvalue weighted by Crippen LogP contribution is -2.29. The molecule has 2 aromatic rings. The predicted octanol–water partition coefficient (Wildman–Crippen LogP) is 4.11. The Morgan fingerprint density at radius 3 is 2.74 bits per heavy atom. The molecule has 27 heavy (non-hydrogen) atoms. The molecule has 0 saturated carbocycles. The molecule has 2 heterocycles. The largest absolute Gasteiger partial charge is 0.271 e. The Labute approximate surface area is 163 Å². The monoisotopic (exact) mass is 376 g/mol. The van der Waals surface area contributed by atoms with E-state index in [1.165, 1.54) is 28.8 Å². The Bertz CT molecular complexity index is 949. The van der Waals surface area contributed by atoms with E-state index in [0.717, 1.165) is 42.8 Å². The Hall–Kier alpha value is -2.65. The molecule has 1 atom stereocenters. The molecule has 1 aromatic heterocycles. The first-order chi connectivity index (χ1) is 13.2. The molecule has 4 rings (SSSR count). The van der Waals surface area contributed by atoms with Crippen molar-refractivity contribution in [1.29, 1.82) is 5.26 Å². The zero-order chi connectivity index (χ0) is 18.8. The van der Waals surface area contributed by atoms with Crippen LogP contribution in [0.25, 0.3) is 0 Å². The third-order valence-corrected chi connectivity index (χ3v) is 6.25. The van der Waals surface area contributed by atoms with Gasteiger partial charge in [0.1, 0.15) is 16.3 Å². The van der Waals surface area contributed by atoms with Gasteiger partial charge in [0.15, 0.2) is 0 Å². The zero-order valence-corrected chi connectivity index (χ0v) is 16.0. The lowest BCUT2D eigenvalue weighted by Gasteiger charge is -2.15. The lowest BCUT2D eigenvalue weighted by molar-refractivity contribution is -0.116. The van der Waals surface area contributed by atoms with Crippen LogP contribution in [0.3, 0.4) is 0 Å². The molecule has 0 fully saturated rings. The number of hydrogen-bond acceptors (Lipinski definition) is 5. The summed E-state index contributed by atoms with van der Waals surface area (Å²) in [5, 5.41) is 15.7. The third kappa shape index (κ3) is 3.47. The average Bonchev–Trinajstić information content (AvgIpc) is 2.86. The van der Waals surface area contributed by atoms with E-state index in [1.54, 1.807) is 0 Å². The van der Waals surface area contributed by atoms with Gasteiger partial charge in [-0.05, 0) is 56.4 Å². The van der Waals surface area contributed by atoms with Gasteiger partial charge in [0, 0.05) is 5.69 Å². The van der Waals surface area contributed by atoms with E-state index in [9.17, 15) is 10.1 Å². The summed E-state index contributed by atoms with van der Waals surface area (Å²) in [7, 11) is 0. The molecule has 0 spiro atoms. The summed E-state index contributed by atoms with van der Waals surface area (Å²) in [6.07, 6.45) is 5.38. The van der Waals surface area contributed by atoms with E-state index in [4.69, 9.17) is 4.98 Å². The first-order valence-electron chi connectivity index (χ1n) is 9.21. The number of hydrogen-bond donors (Lipinski definition) is 0. The number of nitrogens with zero attached hydrogens (tertiary/aromatic N) is 4. The molecule has 5 nitrogen and oxygen atoms in total. The van der Waals surface area contributed by atoms with E-state index in [0.29, 0.717) is 10.6 Å². The standard InChI is InChI=1S/C21H20N4OS/c1-14-19(21(26)25(24-14)17-9-5-3-6-10-17)27-20-16(13-22)12-15-8-4-2-7-11-18(15)23-20/h3,5-6,9-10,12,19H,2,4,7-8,11H2,1H3/t19-/m1/s1. The van der Waals surface area contributed by atoms with Gasteiger partial charge in [0.2, 0.25) is 0 Å². The summed E-state index contributed by atoms with van der Waals surface area (Å²) >= 11 is 1.34. The molecular weight excluding hydrogens is 356 g/mol. The summed E-state index contributed by atoms with van der Waals surface area (Å²) in [5.41, 5.74) is 4.30. The van der Waals surface area contributed by atoms with Crippen LogP contribution in [0.2, 0.25) is 0 Å². The predicted molar refractivity (Wildman–Crippen MR) is 107 cm³/mol. The van der Waals surface area contributed by atoms with Crippen molar-refractivity contribution in [1.82, 2.24) is 4.98 Å². The number of carbonyl (C=O) groups excluding carboxylic acids is 1. The highest BCUT2D eigenvalue weighted by Gasteiger charge is 2.36. The second-order valence-electron chi connectivity index (χ2n) is 6.84. The smallest absolute Gasteiger partial charge is 0.266 e. The molecule has 1 aliphatic heterocycles. The number of hydrazone groups is 1. The lowest BCUT2D eigenvalue weighted by atomic mass is 10.1. The Morgan fingerprint density at radius 1 is 1.19 bits per heavy atom. The quantitative estimate of drug-likeness (QED) is 0.756. The maximum Gasteiger partial charge on any atom is 0.266 e. The van der Waals surface area contributed by atoms with Crippen molar-refractivity contribution in [2.45, 2.75) is 49.3 Å². The second-order valence-corrected chi connectivity index (χ2v) is 7.94. The van der Waals surface area contributed by atoms with Crippen LogP contribution >= 0.6 is 11.8 Å². The number of anilines is 1.